The van der Waals surface area contributed by atoms with Gasteiger partial charge in [-0.3, -0.25) is 4.79 Å². The van der Waals surface area contributed by atoms with Crippen LogP contribution in [0.3, 0.4) is 0 Å². The smallest absolute Gasteiger partial charge is 0.276 e. The van der Waals surface area contributed by atoms with Crippen LogP contribution in [0.5, 0.6) is 0 Å². The fourth-order valence-corrected chi connectivity index (χ4v) is 4.39. The number of hydrogen-bond acceptors (Lipinski definition) is 6. The molecular formula is C17H28N6O2. The average molecular weight is 348 g/mol. The van der Waals surface area contributed by atoms with Crippen molar-refractivity contribution < 1.29 is 9.53 Å². The van der Waals surface area contributed by atoms with Crippen LogP contribution in [0.4, 0.5) is 0 Å². The second-order valence-corrected chi connectivity index (χ2v) is 7.89. The summed E-state index contributed by atoms with van der Waals surface area (Å²) in [6.07, 6.45) is 5.85. The van der Waals surface area contributed by atoms with E-state index in [1.807, 2.05) is 15.8 Å². The molecule has 8 nitrogen and oxygen atoms in total. The quantitative estimate of drug-likeness (QED) is 0.817. The topological polar surface area (TPSA) is 89.5 Å². The standard InChI is InChI=1S/C17H28N6O2/c1-21-6-12-7-22(15(8-21)11-25-10-12)17(24)16-9-23(20-19-16)14-4-2-13(18)3-5-14/h9,12-15H,2-8,10-11,18H2,1H3/t12-,13?,14?,15-/m0/s1. The van der Waals surface area contributed by atoms with Gasteiger partial charge in [0.1, 0.15) is 0 Å². The third kappa shape index (κ3) is 3.56. The second kappa shape index (κ2) is 7.01. The summed E-state index contributed by atoms with van der Waals surface area (Å²) in [5.41, 5.74) is 6.43. The molecule has 25 heavy (non-hydrogen) atoms. The van der Waals surface area contributed by atoms with Crippen LogP contribution in [-0.4, -0.2) is 82.7 Å². The molecule has 3 aliphatic rings. The van der Waals surface area contributed by atoms with E-state index in [-0.39, 0.29) is 11.9 Å². The second-order valence-electron chi connectivity index (χ2n) is 7.89. The zero-order chi connectivity index (χ0) is 17.4. The van der Waals surface area contributed by atoms with Gasteiger partial charge in [0, 0.05) is 31.6 Å². The highest BCUT2D eigenvalue weighted by Gasteiger charge is 2.36. The number of fused-ring (bicyclic) bond motifs is 3. The lowest BCUT2D eigenvalue weighted by Crippen LogP contribution is -2.46. The van der Waals surface area contributed by atoms with Gasteiger partial charge in [0.05, 0.1) is 31.5 Å². The number of ether oxygens (including phenoxy) is 1. The van der Waals surface area contributed by atoms with Crippen molar-refractivity contribution >= 4 is 5.91 Å². The van der Waals surface area contributed by atoms with Crippen LogP contribution >= 0.6 is 0 Å². The number of nitrogens with zero attached hydrogens (tertiary/aromatic N) is 5. The summed E-state index contributed by atoms with van der Waals surface area (Å²) in [6.45, 7) is 3.87. The number of likely N-dealkylation sites (N-methyl/N-ethyl adjacent to an activating group) is 1. The van der Waals surface area contributed by atoms with E-state index in [0.717, 1.165) is 51.9 Å². The number of aromatic nitrogens is 3. The maximum Gasteiger partial charge on any atom is 0.276 e. The third-order valence-electron chi connectivity index (χ3n) is 5.76. The van der Waals surface area contributed by atoms with Gasteiger partial charge in [-0.2, -0.15) is 0 Å². The van der Waals surface area contributed by atoms with Crippen LogP contribution < -0.4 is 5.73 Å². The Kier molecular flexibility index (Phi) is 4.75. The normalized spacial score (nSPS) is 33.9. The molecule has 3 heterocycles. The third-order valence-corrected chi connectivity index (χ3v) is 5.76. The maximum absolute atomic E-state index is 13.1. The summed E-state index contributed by atoms with van der Waals surface area (Å²) in [5.74, 6) is 0.339. The lowest BCUT2D eigenvalue weighted by molar-refractivity contribution is 0.0480. The number of rotatable bonds is 2. The van der Waals surface area contributed by atoms with Crippen molar-refractivity contribution in [3.8, 4) is 0 Å². The predicted octanol–water partition coefficient (Wildman–Crippen LogP) is 0.123. The van der Waals surface area contributed by atoms with Gasteiger partial charge in [-0.05, 0) is 32.7 Å². The Hall–Kier alpha value is -1.51. The minimum atomic E-state index is -0.0189. The van der Waals surface area contributed by atoms with Crippen molar-refractivity contribution in [2.24, 2.45) is 11.7 Å². The Bertz CT molecular complexity index is 612. The summed E-state index contributed by atoms with van der Waals surface area (Å²) in [5, 5.41) is 8.43. The number of nitrogens with two attached hydrogens (primary N) is 1. The molecule has 2 atom stereocenters. The first-order valence-corrected chi connectivity index (χ1v) is 9.35. The van der Waals surface area contributed by atoms with Crippen molar-refractivity contribution in [3.63, 3.8) is 0 Å². The number of hydrogen-bond donors (Lipinski definition) is 1. The van der Waals surface area contributed by atoms with Crippen molar-refractivity contribution in [2.45, 2.75) is 43.8 Å². The predicted molar refractivity (Wildman–Crippen MR) is 92.1 cm³/mol. The van der Waals surface area contributed by atoms with Crippen LogP contribution in [0, 0.1) is 5.92 Å². The largest absolute Gasteiger partial charge is 0.379 e. The SMILES string of the molecule is CN1C[C@@H]2COC[C@H](C1)N(C(=O)c1cn(C3CCC(N)CC3)nn1)C2. The lowest BCUT2D eigenvalue weighted by Gasteiger charge is -2.29. The van der Waals surface area contributed by atoms with Gasteiger partial charge in [-0.15, -0.1) is 5.10 Å². The van der Waals surface area contributed by atoms with E-state index >= 15 is 0 Å². The minimum absolute atomic E-state index is 0.0189. The number of carbonyl (C=O) groups is 1. The first-order chi connectivity index (χ1) is 12.1. The molecule has 3 fully saturated rings. The lowest BCUT2D eigenvalue weighted by atomic mass is 9.92. The molecule has 0 aromatic carbocycles. The van der Waals surface area contributed by atoms with Gasteiger partial charge in [0.15, 0.2) is 5.69 Å². The number of carbonyl (C=O) groups excluding carboxylic acids is 1. The van der Waals surface area contributed by atoms with Gasteiger partial charge >= 0.3 is 0 Å². The van der Waals surface area contributed by atoms with Gasteiger partial charge in [-0.1, -0.05) is 5.21 Å². The fourth-order valence-electron chi connectivity index (χ4n) is 4.39. The molecule has 2 bridgehead atoms. The minimum Gasteiger partial charge on any atom is -0.379 e. The van der Waals surface area contributed by atoms with E-state index in [2.05, 4.69) is 22.3 Å². The zero-order valence-electron chi connectivity index (χ0n) is 14.9. The van der Waals surface area contributed by atoms with E-state index in [1.165, 1.54) is 0 Å². The molecule has 1 saturated carbocycles. The van der Waals surface area contributed by atoms with Crippen molar-refractivity contribution in [1.82, 2.24) is 24.8 Å². The van der Waals surface area contributed by atoms with Crippen molar-refractivity contribution in [2.75, 3.05) is 39.9 Å². The summed E-state index contributed by atoms with van der Waals surface area (Å²) >= 11 is 0. The van der Waals surface area contributed by atoms with E-state index in [1.54, 1.807) is 0 Å². The molecular weight excluding hydrogens is 320 g/mol. The molecule has 0 spiro atoms. The molecule has 1 amide bonds. The van der Waals surface area contributed by atoms with Gasteiger partial charge in [-0.25, -0.2) is 4.68 Å². The molecule has 1 aromatic heterocycles. The van der Waals surface area contributed by atoms with Crippen LogP contribution in [0.25, 0.3) is 0 Å². The molecule has 1 aliphatic carbocycles. The Morgan fingerprint density at radius 3 is 2.76 bits per heavy atom. The Balaban J connectivity index is 1.49. The summed E-state index contributed by atoms with van der Waals surface area (Å²) in [4.78, 5) is 17.3. The molecule has 2 saturated heterocycles. The highest BCUT2D eigenvalue weighted by molar-refractivity contribution is 5.92. The van der Waals surface area contributed by atoms with E-state index in [4.69, 9.17) is 10.5 Å². The van der Waals surface area contributed by atoms with Crippen molar-refractivity contribution in [3.05, 3.63) is 11.9 Å². The Morgan fingerprint density at radius 1 is 1.16 bits per heavy atom. The molecule has 1 aromatic rings. The molecule has 4 rings (SSSR count). The first kappa shape index (κ1) is 16.9. The molecule has 2 N–H and O–H groups in total. The molecule has 0 radical (unpaired) electrons. The van der Waals surface area contributed by atoms with E-state index in [0.29, 0.717) is 30.3 Å². The Labute approximate surface area is 148 Å². The fraction of sp³-hybridized carbons (Fsp3) is 0.824. The van der Waals surface area contributed by atoms with E-state index in [9.17, 15) is 4.79 Å². The van der Waals surface area contributed by atoms with Gasteiger partial charge in [0.25, 0.3) is 5.91 Å². The summed E-state index contributed by atoms with van der Waals surface area (Å²) in [6, 6.07) is 0.698. The Morgan fingerprint density at radius 2 is 1.96 bits per heavy atom. The van der Waals surface area contributed by atoms with Crippen LogP contribution in [0.1, 0.15) is 42.2 Å². The average Bonchev–Trinajstić information content (AvgIpc) is 2.92. The molecule has 0 unspecified atom stereocenters. The van der Waals surface area contributed by atoms with Crippen LogP contribution in [0.2, 0.25) is 0 Å². The zero-order valence-corrected chi connectivity index (χ0v) is 14.9. The highest BCUT2D eigenvalue weighted by atomic mass is 16.5. The maximum atomic E-state index is 13.1. The van der Waals surface area contributed by atoms with Crippen molar-refractivity contribution in [1.29, 1.82) is 0 Å². The van der Waals surface area contributed by atoms with Crippen LogP contribution in [0.15, 0.2) is 6.20 Å². The summed E-state index contributed by atoms with van der Waals surface area (Å²) < 4.78 is 7.63. The van der Waals surface area contributed by atoms with E-state index < -0.39 is 0 Å². The summed E-state index contributed by atoms with van der Waals surface area (Å²) in [7, 11) is 2.11. The number of amides is 1. The highest BCUT2D eigenvalue weighted by Crippen LogP contribution is 2.27. The van der Waals surface area contributed by atoms with Gasteiger partial charge < -0.3 is 20.3 Å². The molecule has 2 aliphatic heterocycles. The monoisotopic (exact) mass is 348 g/mol. The molecule has 8 heteroatoms. The molecule has 138 valence electrons. The first-order valence-electron chi connectivity index (χ1n) is 9.35. The van der Waals surface area contributed by atoms with Crippen LogP contribution in [-0.2, 0) is 4.74 Å². The van der Waals surface area contributed by atoms with Gasteiger partial charge in [0.2, 0.25) is 0 Å².